The number of Topliss-reactive ketones (excluding diaryl/α,β-unsaturated/α-hetero) is 2. The zero-order chi connectivity index (χ0) is 96.9. The highest BCUT2D eigenvalue weighted by Crippen LogP contribution is 2.62. The second-order valence-corrected chi connectivity index (χ2v) is 38.0. The number of amides is 6. The molecule has 4 aliphatic carbocycles. The zero-order valence-electron chi connectivity index (χ0n) is 79.2. The molecule has 40 heteroatoms. The number of ketones is 2. The predicted molar refractivity (Wildman–Crippen MR) is 526 cm³/mol. The fourth-order valence-corrected chi connectivity index (χ4v) is 21.2. The van der Waals surface area contributed by atoms with Crippen molar-refractivity contribution in [2.45, 2.75) is 197 Å². The molecule has 10 aliphatic rings. The number of nitrogens with zero attached hydrogens (tertiary/aromatic N) is 6. The van der Waals surface area contributed by atoms with E-state index in [-0.39, 0.29) is 178 Å². The minimum Gasteiger partial charge on any atom is -0.453 e. The quantitative estimate of drug-likeness (QED) is 0.0271. The molecule has 140 heavy (non-hydrogen) atoms. The van der Waals surface area contributed by atoms with Gasteiger partial charge in [0.2, 0.25) is 11.8 Å². The SMILES string of the molecule is COC(=O)N[C@H](C(=O)C1CC2(C[C@H]1c1ncc(-c3ccc4c(c3)C(F)(F)C(F)(F)c3cc(C5=CN=C(C6CC7(CN6C(=O)[C@@H](NC(=O)OC)C(C)C)OCCO7)C5)ccc3-4)[nH]1)OCCO2)C(C)C.COC(=O)N[C@H](C(=O)C1CCC[C@H]1C1=Nc2ccc(-c3ccc4c(c3)C(F)(F)C(F)(F)c3cc(-c5ccc6nc([C@@H]7CCCN7C(=O)[C@@H](NC(=O)OC)C(C)C)[nH]c6c5)ccc3-4)cc2C1)C(C)C.S.S.S.S. The van der Waals surface area contributed by atoms with Gasteiger partial charge < -0.3 is 78.9 Å². The average Bonchev–Trinajstić information content (AvgIpc) is 0.989. The molecule has 8 aromatic rings. The van der Waals surface area contributed by atoms with Crippen molar-refractivity contribution in [3.63, 3.8) is 0 Å². The number of benzene rings is 6. The standard InChI is InChI=1S/C52H54F4N6O6.C48H54F4N6O10.4H2S/c1-26(2)44(60-49(65)67-5)46(63)36-10-7-9-35(36)41-25-32-21-28(14-18-39(32)57-41)29-12-16-33-34-17-13-30(23-38(34)52(55,56)51(53,54)37(33)22-29)31-15-19-40-42(24-31)59-47(58-40)43-11-8-20-62(43)48(64)45(27(3)4)61-50(66)68-6;1-24(2)38(56-43(61)63-5)40(59)31-18-45(65-11-12-66-45)19-32(31)41-54-22-36(55-41)27-8-10-30-29-9-7-26(15-33(29)47(49,50)48(51,52)34(30)16-27)28-17-35(53-21-28)37-20-46(67-13-14-68-46)23-58(37)42(60)39(25(3)4)57-44(62)64-6;;;;/h12-19,21-24,26-27,35-36,43-45H,7-11,20,25H2,1-6H3,(H,58,59)(H,60,65)(H,61,66);7-10,15-16,21-22,24-25,31-32,37-39H,11-14,17-20,23H2,1-6H3,(H,54,55)(H,56,61)(H,57,62);4*1H2/t35-,36?,43+,44+,45+;31?,32-,37?,38+,39+;;;;/m11..../s1. The lowest BCUT2D eigenvalue weighted by Crippen LogP contribution is -2.54. The number of alkyl carbamates (subject to hydrolysis) is 4. The first kappa shape index (κ1) is 106. The predicted octanol–water partition coefficient (Wildman–Crippen LogP) is 18.3. The fraction of sp³-hybridized carbons (Fsp3) is 0.480. The number of aromatic amines is 2. The molecular formula is C100H116F8N12O16S4. The Balaban J connectivity index is 0.000000229. The van der Waals surface area contributed by atoms with Crippen LogP contribution >= 0.6 is 54.0 Å². The summed E-state index contributed by atoms with van der Waals surface area (Å²) in [5.41, 5.74) is 3.65. The molecule has 6 amide bonds. The van der Waals surface area contributed by atoms with E-state index in [1.807, 2.05) is 33.8 Å². The molecule has 0 radical (unpaired) electrons. The summed E-state index contributed by atoms with van der Waals surface area (Å²) in [6, 6.07) is 22.7. The summed E-state index contributed by atoms with van der Waals surface area (Å²) >= 11 is 0. The Kier molecular flexibility index (Phi) is 31.6. The molecular weight excluding hydrogens is 1910 g/mol. The maximum atomic E-state index is 16.4. The van der Waals surface area contributed by atoms with Gasteiger partial charge in [0, 0.05) is 108 Å². The number of rotatable bonds is 22. The van der Waals surface area contributed by atoms with E-state index in [2.05, 4.69) is 41.2 Å². The molecule has 0 bridgehead atoms. The monoisotopic (exact) mass is 2020 g/mol. The Labute approximate surface area is 831 Å². The van der Waals surface area contributed by atoms with Crippen LogP contribution in [-0.2, 0) is 87.2 Å². The van der Waals surface area contributed by atoms with E-state index in [4.69, 9.17) is 47.9 Å². The number of carbonyl (C=O) groups is 8. The van der Waals surface area contributed by atoms with E-state index >= 15 is 35.1 Å². The number of hydrogen-bond acceptors (Lipinski definition) is 20. The molecule has 6 aromatic carbocycles. The molecule has 6 N–H and O–H groups in total. The van der Waals surface area contributed by atoms with Crippen molar-refractivity contribution >= 4 is 135 Å². The number of H-pyrrole nitrogens is 2. The molecule has 10 atom stereocenters. The fourth-order valence-electron chi connectivity index (χ4n) is 21.2. The van der Waals surface area contributed by atoms with Gasteiger partial charge in [0.05, 0.1) is 114 Å². The first-order valence-corrected chi connectivity index (χ1v) is 46.0. The minimum atomic E-state index is -4.64. The highest BCUT2D eigenvalue weighted by atomic mass is 32.1. The third-order valence-corrected chi connectivity index (χ3v) is 28.4. The van der Waals surface area contributed by atoms with Crippen LogP contribution in [0.2, 0.25) is 0 Å². The highest BCUT2D eigenvalue weighted by Gasteiger charge is 2.65. The summed E-state index contributed by atoms with van der Waals surface area (Å²) in [6.45, 7) is 16.4. The van der Waals surface area contributed by atoms with E-state index in [0.29, 0.717) is 114 Å². The summed E-state index contributed by atoms with van der Waals surface area (Å²) in [5.74, 6) is -23.4. The number of halogens is 8. The number of aromatic nitrogens is 4. The average molecular weight is 2020 g/mol. The maximum Gasteiger partial charge on any atom is 0.407 e. The molecule has 752 valence electrons. The largest absolute Gasteiger partial charge is 0.453 e. The summed E-state index contributed by atoms with van der Waals surface area (Å²) in [4.78, 5) is 133. The lowest BCUT2D eigenvalue weighted by molar-refractivity contribution is -0.225. The van der Waals surface area contributed by atoms with Crippen LogP contribution in [-0.4, -0.2) is 199 Å². The van der Waals surface area contributed by atoms with Gasteiger partial charge in [0.15, 0.2) is 23.1 Å². The van der Waals surface area contributed by atoms with Crippen LogP contribution in [0.1, 0.15) is 170 Å². The van der Waals surface area contributed by atoms with Gasteiger partial charge in [-0.05, 0) is 159 Å². The van der Waals surface area contributed by atoms with Crippen molar-refractivity contribution in [2.75, 3.05) is 68.0 Å². The number of likely N-dealkylation sites (tertiary alicyclic amines) is 2. The van der Waals surface area contributed by atoms with Crippen LogP contribution in [0.25, 0.3) is 72.4 Å². The van der Waals surface area contributed by atoms with Crippen LogP contribution in [0.15, 0.2) is 132 Å². The van der Waals surface area contributed by atoms with Gasteiger partial charge in [-0.15, -0.1) is 0 Å². The first-order valence-electron chi connectivity index (χ1n) is 46.0. The molecule has 28 nitrogen and oxygen atoms in total. The normalized spacial score (nSPS) is 22.2. The Bertz CT molecular complexity index is 6200. The molecule has 6 aliphatic heterocycles. The Morgan fingerprint density at radius 3 is 1.41 bits per heavy atom. The summed E-state index contributed by atoms with van der Waals surface area (Å²) < 4.78 is 174. The van der Waals surface area contributed by atoms with Gasteiger partial charge in [-0.25, -0.2) is 29.1 Å². The highest BCUT2D eigenvalue weighted by molar-refractivity contribution is 7.59. The molecule has 18 rings (SSSR count). The Hall–Kier alpha value is -10.9. The number of aliphatic imine (C=N–C) groups is 2. The molecule has 8 heterocycles. The van der Waals surface area contributed by atoms with Gasteiger partial charge in [-0.2, -0.15) is 89.1 Å². The van der Waals surface area contributed by atoms with E-state index < -0.39 is 136 Å². The van der Waals surface area contributed by atoms with Gasteiger partial charge in [-0.3, -0.25) is 29.2 Å². The van der Waals surface area contributed by atoms with Crippen molar-refractivity contribution < 1.29 is 111 Å². The number of allylic oxidation sites excluding steroid dienone is 1. The van der Waals surface area contributed by atoms with Crippen LogP contribution in [0.4, 0.5) is 60.0 Å². The number of imidazole rings is 2. The number of hydrogen-bond donors (Lipinski definition) is 6. The number of methoxy groups -OCH3 is 4. The Morgan fingerprint density at radius 2 is 0.893 bits per heavy atom. The smallest absolute Gasteiger partial charge is 0.407 e. The molecule has 6 fully saturated rings. The van der Waals surface area contributed by atoms with Crippen LogP contribution in [0.5, 0.6) is 0 Å². The second kappa shape index (κ2) is 41.6. The number of carbonyl (C=O) groups excluding carboxylic acids is 8. The van der Waals surface area contributed by atoms with E-state index in [9.17, 15) is 38.4 Å². The van der Waals surface area contributed by atoms with Gasteiger partial charge in [0.1, 0.15) is 23.7 Å². The molecule has 2 aromatic heterocycles. The summed E-state index contributed by atoms with van der Waals surface area (Å²) in [6.07, 6.45) is 4.84. The van der Waals surface area contributed by atoms with E-state index in [1.54, 1.807) is 92.1 Å². The van der Waals surface area contributed by atoms with Crippen molar-refractivity contribution in [2.24, 2.45) is 51.4 Å². The van der Waals surface area contributed by atoms with Gasteiger partial charge >= 0.3 is 48.1 Å². The second-order valence-electron chi connectivity index (χ2n) is 38.0. The van der Waals surface area contributed by atoms with Gasteiger partial charge in [0.25, 0.3) is 0 Å². The number of alkyl halides is 8. The molecule has 3 unspecified atom stereocenters. The van der Waals surface area contributed by atoms with Crippen molar-refractivity contribution in [3.05, 3.63) is 167 Å². The molecule has 2 spiro atoms. The lowest BCUT2D eigenvalue weighted by Gasteiger charge is -2.35. The minimum absolute atomic E-state index is 0. The number of nitrogens with one attached hydrogen (secondary N) is 6. The maximum absolute atomic E-state index is 16.4. The van der Waals surface area contributed by atoms with Gasteiger partial charge in [-0.1, -0.05) is 122 Å². The first-order chi connectivity index (χ1) is 64.7. The number of fused-ring (bicyclic) bond motifs is 8. The third kappa shape index (κ3) is 19.6. The van der Waals surface area contributed by atoms with Crippen molar-refractivity contribution in [1.82, 2.24) is 51.0 Å². The van der Waals surface area contributed by atoms with Crippen LogP contribution in [0.3, 0.4) is 0 Å². The zero-order valence-corrected chi connectivity index (χ0v) is 83.2. The van der Waals surface area contributed by atoms with Crippen LogP contribution in [0, 0.1) is 41.4 Å². The van der Waals surface area contributed by atoms with E-state index in [1.165, 1.54) is 65.1 Å². The van der Waals surface area contributed by atoms with Crippen LogP contribution < -0.4 is 21.3 Å². The summed E-state index contributed by atoms with van der Waals surface area (Å²) in [7, 11) is 4.89. The Morgan fingerprint density at radius 1 is 0.443 bits per heavy atom. The number of ether oxygens (including phenoxy) is 8. The molecule has 4 saturated heterocycles. The van der Waals surface area contributed by atoms with E-state index in [0.717, 1.165) is 54.8 Å². The lowest BCUT2D eigenvalue weighted by atomic mass is 9.78. The topological polar surface area (TPSA) is 347 Å². The third-order valence-electron chi connectivity index (χ3n) is 28.4. The van der Waals surface area contributed by atoms with Crippen molar-refractivity contribution in [1.29, 1.82) is 0 Å². The molecule has 2 saturated carbocycles. The van der Waals surface area contributed by atoms with Crippen molar-refractivity contribution in [3.8, 4) is 55.8 Å². The summed E-state index contributed by atoms with van der Waals surface area (Å²) in [5, 5.41) is 10.6.